The Morgan fingerprint density at radius 3 is 2.21 bits per heavy atom. The van der Waals surface area contributed by atoms with Crippen molar-refractivity contribution in [2.75, 3.05) is 27.5 Å². The lowest BCUT2D eigenvalue weighted by atomic mass is 10.00. The maximum Gasteiger partial charge on any atom is 0.245 e. The molecule has 0 spiro atoms. The number of amides is 2. The Morgan fingerprint density at radius 2 is 1.55 bits per heavy atom. The highest BCUT2D eigenvalue weighted by Gasteiger charge is 2.30. The summed E-state index contributed by atoms with van der Waals surface area (Å²) in [7, 11) is -0.844. The van der Waals surface area contributed by atoms with Crippen LogP contribution in [0.25, 0.3) is 10.8 Å². The Hall–Kier alpha value is -4.65. The van der Waals surface area contributed by atoms with Gasteiger partial charge in [0.05, 0.1) is 18.0 Å². The van der Waals surface area contributed by atoms with Gasteiger partial charge in [-0.25, -0.2) is 13.1 Å². The van der Waals surface area contributed by atoms with Crippen LogP contribution in [0.4, 0.5) is 0 Å². The van der Waals surface area contributed by atoms with Crippen LogP contribution in [0.5, 0.6) is 17.2 Å². The molecule has 53 heavy (non-hydrogen) atoms. The van der Waals surface area contributed by atoms with E-state index in [1.54, 1.807) is 61.5 Å². The number of nitrogens with zero attached hydrogens (tertiary/aromatic N) is 2. The summed E-state index contributed by atoms with van der Waals surface area (Å²) in [5, 5.41) is 4.48. The number of methoxy groups -OCH3 is 1. The molecule has 0 saturated carbocycles. The lowest BCUT2D eigenvalue weighted by Crippen LogP contribution is -2.50. The predicted molar refractivity (Wildman–Crippen MR) is 207 cm³/mol. The molecule has 2 N–H and O–H groups in total. The van der Waals surface area contributed by atoms with Crippen molar-refractivity contribution in [2.45, 2.75) is 89.5 Å². The maximum atomic E-state index is 13.9. The van der Waals surface area contributed by atoms with E-state index in [1.165, 1.54) is 6.07 Å². The van der Waals surface area contributed by atoms with Gasteiger partial charge in [-0.05, 0) is 105 Å². The number of hydrogen-bond donors (Lipinski definition) is 2. The van der Waals surface area contributed by atoms with E-state index in [1.807, 2.05) is 32.0 Å². The van der Waals surface area contributed by atoms with E-state index in [4.69, 9.17) is 14.2 Å². The SMILES string of the molecule is CCN(Cc1ccc(C[C@@H](NC(=O)C[C@@H](NS(=O)(=O)c2ccc3cc(OC)ccc3c2)c2ccc3c(c2)OCO3)C(=O)N(C)C(C)C)cc1)C(C)(C)C. The average molecular weight is 745 g/mol. The van der Waals surface area contributed by atoms with Crippen LogP contribution in [0.3, 0.4) is 0 Å². The van der Waals surface area contributed by atoms with E-state index < -0.39 is 28.0 Å². The molecule has 5 rings (SSSR count). The number of carbonyl (C=O) groups excluding carboxylic acids is 2. The molecule has 0 aliphatic carbocycles. The van der Waals surface area contributed by atoms with Crippen LogP contribution in [0.2, 0.25) is 0 Å². The van der Waals surface area contributed by atoms with Crippen LogP contribution < -0.4 is 24.2 Å². The van der Waals surface area contributed by atoms with E-state index in [-0.39, 0.29) is 42.0 Å². The fourth-order valence-electron chi connectivity index (χ4n) is 6.31. The Kier molecular flexibility index (Phi) is 12.4. The van der Waals surface area contributed by atoms with Crippen molar-refractivity contribution in [3.8, 4) is 17.2 Å². The molecule has 0 bridgehead atoms. The van der Waals surface area contributed by atoms with Crippen molar-refractivity contribution < 1.29 is 32.2 Å². The zero-order valence-corrected chi connectivity index (χ0v) is 32.8. The molecule has 2 atom stereocenters. The van der Waals surface area contributed by atoms with Crippen LogP contribution in [0, 0.1) is 0 Å². The molecule has 4 aromatic rings. The molecule has 0 unspecified atom stereocenters. The van der Waals surface area contributed by atoms with E-state index in [0.717, 1.165) is 29.6 Å². The average Bonchev–Trinajstić information content (AvgIpc) is 3.60. The molecule has 1 aliphatic rings. The fourth-order valence-corrected chi connectivity index (χ4v) is 7.57. The number of hydrogen-bond acceptors (Lipinski definition) is 8. The van der Waals surface area contributed by atoms with Crippen molar-refractivity contribution in [1.82, 2.24) is 19.8 Å². The minimum Gasteiger partial charge on any atom is -0.497 e. The molecular weight excluding hydrogens is 693 g/mol. The zero-order valence-electron chi connectivity index (χ0n) is 31.9. The predicted octanol–water partition coefficient (Wildman–Crippen LogP) is 6.20. The van der Waals surface area contributed by atoms with Gasteiger partial charge in [0, 0.05) is 38.0 Å². The van der Waals surface area contributed by atoms with Gasteiger partial charge < -0.3 is 24.4 Å². The number of nitrogens with one attached hydrogen (secondary N) is 2. The monoisotopic (exact) mass is 744 g/mol. The van der Waals surface area contributed by atoms with Gasteiger partial charge in [0.25, 0.3) is 0 Å². The molecule has 0 aromatic heterocycles. The molecule has 12 heteroatoms. The molecule has 1 heterocycles. The van der Waals surface area contributed by atoms with Crippen LogP contribution in [0.15, 0.2) is 83.8 Å². The lowest BCUT2D eigenvalue weighted by molar-refractivity contribution is -0.136. The molecule has 284 valence electrons. The summed E-state index contributed by atoms with van der Waals surface area (Å²) in [4.78, 5) is 31.7. The van der Waals surface area contributed by atoms with Gasteiger partial charge in [-0.1, -0.05) is 49.4 Å². The molecular formula is C41H52N4O7S. The Labute approximate surface area is 313 Å². The van der Waals surface area contributed by atoms with Crippen molar-refractivity contribution in [3.63, 3.8) is 0 Å². The summed E-state index contributed by atoms with van der Waals surface area (Å²) in [5.41, 5.74) is 2.58. The number of likely N-dealkylation sites (N-methyl/N-ethyl adjacent to an activating group) is 1. The van der Waals surface area contributed by atoms with Crippen LogP contribution in [0.1, 0.15) is 70.7 Å². The molecule has 0 fully saturated rings. The first-order valence-corrected chi connectivity index (χ1v) is 19.4. The summed E-state index contributed by atoms with van der Waals surface area (Å²) < 4.78 is 46.9. The Morgan fingerprint density at radius 1 is 0.887 bits per heavy atom. The normalized spacial score (nSPS) is 14.0. The van der Waals surface area contributed by atoms with Gasteiger partial charge in [0.2, 0.25) is 28.6 Å². The van der Waals surface area contributed by atoms with Gasteiger partial charge in [0.15, 0.2) is 11.5 Å². The maximum absolute atomic E-state index is 13.9. The van der Waals surface area contributed by atoms with E-state index in [9.17, 15) is 18.0 Å². The summed E-state index contributed by atoms with van der Waals surface area (Å²) in [6, 6.07) is 21.4. The fraction of sp³-hybridized carbons (Fsp3) is 0.415. The molecule has 0 radical (unpaired) electrons. The van der Waals surface area contributed by atoms with Crippen molar-refractivity contribution >= 4 is 32.6 Å². The zero-order chi connectivity index (χ0) is 38.5. The standard InChI is InChI=1S/C41H52N4O7S/c1-9-45(41(4,5)6)25-29-12-10-28(11-13-29)20-36(40(47)44(7)27(2)3)42-39(46)24-35(32-16-19-37-38(23-32)52-26-51-37)43-53(48,49)34-18-15-30-21-33(50-8)17-14-31(30)22-34/h10-19,21-23,27,35-36,43H,9,20,24-26H2,1-8H3,(H,42,46)/t35-,36-/m1/s1. The van der Waals surface area contributed by atoms with Crippen molar-refractivity contribution in [2.24, 2.45) is 0 Å². The first kappa shape index (κ1) is 39.6. The number of rotatable bonds is 15. The summed E-state index contributed by atoms with van der Waals surface area (Å²) >= 11 is 0. The largest absolute Gasteiger partial charge is 0.497 e. The Bertz CT molecular complexity index is 2030. The third-order valence-corrected chi connectivity index (χ3v) is 11.2. The number of fused-ring (bicyclic) bond motifs is 2. The molecule has 11 nitrogen and oxygen atoms in total. The van der Waals surface area contributed by atoms with Gasteiger partial charge in [0.1, 0.15) is 11.8 Å². The minimum atomic E-state index is -4.13. The smallest absolute Gasteiger partial charge is 0.245 e. The number of benzene rings is 4. The first-order chi connectivity index (χ1) is 25.1. The molecule has 0 saturated heterocycles. The quantitative estimate of drug-likeness (QED) is 0.147. The highest BCUT2D eigenvalue weighted by molar-refractivity contribution is 7.89. The van der Waals surface area contributed by atoms with Crippen molar-refractivity contribution in [3.05, 3.63) is 95.6 Å². The highest BCUT2D eigenvalue weighted by atomic mass is 32.2. The second-order valence-corrected chi connectivity index (χ2v) is 16.4. The second kappa shape index (κ2) is 16.6. The van der Waals surface area contributed by atoms with Crippen LogP contribution >= 0.6 is 0 Å². The van der Waals surface area contributed by atoms with E-state index in [2.05, 4.69) is 54.8 Å². The van der Waals surface area contributed by atoms with E-state index >= 15 is 0 Å². The van der Waals surface area contributed by atoms with Crippen LogP contribution in [-0.2, 0) is 32.6 Å². The van der Waals surface area contributed by atoms with E-state index in [0.29, 0.717) is 28.2 Å². The first-order valence-electron chi connectivity index (χ1n) is 18.0. The second-order valence-electron chi connectivity index (χ2n) is 14.7. The third kappa shape index (κ3) is 9.87. The van der Waals surface area contributed by atoms with Gasteiger partial charge in [-0.2, -0.15) is 0 Å². The van der Waals surface area contributed by atoms with Gasteiger partial charge in [-0.15, -0.1) is 0 Å². The Balaban J connectivity index is 1.39. The molecule has 1 aliphatic heterocycles. The summed E-state index contributed by atoms with van der Waals surface area (Å²) in [6.07, 6.45) is -0.0155. The van der Waals surface area contributed by atoms with Gasteiger partial charge in [-0.3, -0.25) is 14.5 Å². The molecule has 2 amide bonds. The topological polar surface area (TPSA) is 127 Å². The summed E-state index contributed by atoms with van der Waals surface area (Å²) in [5.74, 6) is 0.908. The molecule has 4 aromatic carbocycles. The number of sulfonamides is 1. The number of carbonyl (C=O) groups is 2. The van der Waals surface area contributed by atoms with Gasteiger partial charge >= 0.3 is 0 Å². The third-order valence-electron chi connectivity index (χ3n) is 9.74. The lowest BCUT2D eigenvalue weighted by Gasteiger charge is -2.34. The summed E-state index contributed by atoms with van der Waals surface area (Å²) in [6.45, 7) is 14.3. The highest BCUT2D eigenvalue weighted by Crippen LogP contribution is 2.35. The minimum absolute atomic E-state index is 0.0212. The van der Waals surface area contributed by atoms with Crippen LogP contribution in [-0.4, -0.2) is 75.1 Å². The number of ether oxygens (including phenoxy) is 3. The van der Waals surface area contributed by atoms with Crippen molar-refractivity contribution in [1.29, 1.82) is 0 Å².